The van der Waals surface area contributed by atoms with Gasteiger partial charge in [-0.05, 0) is 66.6 Å². The zero-order valence-corrected chi connectivity index (χ0v) is 17.4. The predicted octanol–water partition coefficient (Wildman–Crippen LogP) is 4.00. The third-order valence-corrected chi connectivity index (χ3v) is 4.52. The second kappa shape index (κ2) is 9.57. The fourth-order valence-electron chi connectivity index (χ4n) is 2.97. The molecule has 0 saturated heterocycles. The summed E-state index contributed by atoms with van der Waals surface area (Å²) in [7, 11) is 0. The van der Waals surface area contributed by atoms with Gasteiger partial charge in [-0.2, -0.15) is 5.10 Å². The summed E-state index contributed by atoms with van der Waals surface area (Å²) in [6, 6.07) is 19.9. The summed E-state index contributed by atoms with van der Waals surface area (Å²) >= 11 is 0. The van der Waals surface area contributed by atoms with Gasteiger partial charge < -0.3 is 15.4 Å². The van der Waals surface area contributed by atoms with Gasteiger partial charge in [0.2, 0.25) is 0 Å². The fraction of sp³-hybridized carbons (Fsp3) is 0.0833. The van der Waals surface area contributed by atoms with E-state index in [-0.39, 0.29) is 0 Å². The highest BCUT2D eigenvalue weighted by Gasteiger charge is 2.15. The van der Waals surface area contributed by atoms with Crippen LogP contribution in [-0.4, -0.2) is 26.6 Å². The Labute approximate surface area is 184 Å². The zero-order valence-electron chi connectivity index (χ0n) is 17.4. The number of benzene rings is 2. The molecular formula is C24H21N5O3. The number of carbonyl (C=O) groups excluding carboxylic acids is 2. The highest BCUT2D eigenvalue weighted by molar-refractivity contribution is 6.43. The number of amides is 2. The molecule has 0 fully saturated rings. The van der Waals surface area contributed by atoms with Crippen LogP contribution in [0.25, 0.3) is 0 Å². The van der Waals surface area contributed by atoms with Crippen molar-refractivity contribution in [1.82, 2.24) is 14.8 Å². The first-order valence-electron chi connectivity index (χ1n) is 9.94. The van der Waals surface area contributed by atoms with E-state index in [2.05, 4.69) is 20.7 Å². The van der Waals surface area contributed by atoms with Crippen LogP contribution in [0.1, 0.15) is 11.1 Å². The third-order valence-electron chi connectivity index (χ3n) is 4.52. The summed E-state index contributed by atoms with van der Waals surface area (Å²) in [5, 5.41) is 9.32. The summed E-state index contributed by atoms with van der Waals surface area (Å²) in [5.74, 6) is 0.0451. The quantitative estimate of drug-likeness (QED) is 0.453. The molecule has 0 radical (unpaired) electrons. The normalized spacial score (nSPS) is 10.4. The number of anilines is 2. The average molecular weight is 427 g/mol. The summed E-state index contributed by atoms with van der Waals surface area (Å²) < 4.78 is 7.45. The van der Waals surface area contributed by atoms with E-state index in [4.69, 9.17) is 4.74 Å². The van der Waals surface area contributed by atoms with Gasteiger partial charge in [-0.3, -0.25) is 19.3 Å². The Bertz CT molecular complexity index is 1220. The molecule has 0 aliphatic heterocycles. The topological polar surface area (TPSA) is 98.1 Å². The molecule has 32 heavy (non-hydrogen) atoms. The lowest BCUT2D eigenvalue weighted by Gasteiger charge is -2.08. The lowest BCUT2D eigenvalue weighted by molar-refractivity contribution is -0.133. The van der Waals surface area contributed by atoms with Crippen LogP contribution in [0, 0.1) is 6.92 Å². The van der Waals surface area contributed by atoms with Crippen molar-refractivity contribution in [1.29, 1.82) is 0 Å². The van der Waals surface area contributed by atoms with Gasteiger partial charge in [-0.25, -0.2) is 0 Å². The van der Waals surface area contributed by atoms with Crippen LogP contribution < -0.4 is 15.4 Å². The molecule has 2 amide bonds. The van der Waals surface area contributed by atoms with Gasteiger partial charge in [0.15, 0.2) is 5.82 Å². The number of aromatic nitrogens is 3. The van der Waals surface area contributed by atoms with Crippen LogP contribution in [0.3, 0.4) is 0 Å². The van der Waals surface area contributed by atoms with E-state index in [1.807, 2.05) is 43.3 Å². The van der Waals surface area contributed by atoms with Crippen LogP contribution in [-0.2, 0) is 16.1 Å². The van der Waals surface area contributed by atoms with Crippen LogP contribution in [0.5, 0.6) is 11.5 Å². The molecular weight excluding hydrogens is 406 g/mol. The first-order chi connectivity index (χ1) is 15.5. The Morgan fingerprint density at radius 3 is 2.41 bits per heavy atom. The molecule has 0 bridgehead atoms. The van der Waals surface area contributed by atoms with E-state index in [1.165, 1.54) is 0 Å². The number of ether oxygens (including phenoxy) is 1. The Hall–Kier alpha value is -4.46. The van der Waals surface area contributed by atoms with E-state index in [0.717, 1.165) is 16.9 Å². The number of nitrogens with zero attached hydrogens (tertiary/aromatic N) is 3. The van der Waals surface area contributed by atoms with Crippen LogP contribution in [0.15, 0.2) is 85.3 Å². The maximum Gasteiger partial charge on any atom is 0.315 e. The smallest absolute Gasteiger partial charge is 0.315 e. The van der Waals surface area contributed by atoms with Crippen molar-refractivity contribution in [3.8, 4) is 11.5 Å². The van der Waals surface area contributed by atoms with Crippen LogP contribution in [0.4, 0.5) is 11.5 Å². The largest absolute Gasteiger partial charge is 0.457 e. The number of aryl methyl sites for hydroxylation is 1. The predicted molar refractivity (Wildman–Crippen MR) is 121 cm³/mol. The Morgan fingerprint density at radius 1 is 0.906 bits per heavy atom. The minimum atomic E-state index is -0.806. The lowest BCUT2D eigenvalue weighted by Crippen LogP contribution is -2.29. The van der Waals surface area contributed by atoms with Gasteiger partial charge in [-0.15, -0.1) is 0 Å². The van der Waals surface area contributed by atoms with Crippen molar-refractivity contribution < 1.29 is 14.3 Å². The second-order valence-corrected chi connectivity index (χ2v) is 7.11. The third kappa shape index (κ3) is 5.57. The van der Waals surface area contributed by atoms with Crippen molar-refractivity contribution in [3.05, 3.63) is 96.4 Å². The van der Waals surface area contributed by atoms with Crippen molar-refractivity contribution in [2.45, 2.75) is 13.5 Å². The van der Waals surface area contributed by atoms with E-state index in [9.17, 15) is 9.59 Å². The van der Waals surface area contributed by atoms with Crippen LogP contribution in [0.2, 0.25) is 0 Å². The minimum absolute atomic E-state index is 0.293. The lowest BCUT2D eigenvalue weighted by atomic mass is 10.2. The van der Waals surface area contributed by atoms with Crippen molar-refractivity contribution in [3.63, 3.8) is 0 Å². The van der Waals surface area contributed by atoms with Gasteiger partial charge in [0, 0.05) is 30.3 Å². The summed E-state index contributed by atoms with van der Waals surface area (Å²) in [6.45, 7) is 2.52. The average Bonchev–Trinajstić information content (AvgIpc) is 3.22. The Kier molecular flexibility index (Phi) is 6.22. The highest BCUT2D eigenvalue weighted by atomic mass is 16.5. The summed E-state index contributed by atoms with van der Waals surface area (Å²) in [4.78, 5) is 28.4. The monoisotopic (exact) mass is 427 g/mol. The van der Waals surface area contributed by atoms with E-state index in [0.29, 0.717) is 23.8 Å². The SMILES string of the molecule is Cc1cccc(Oc2ccc(NC(=O)C(=O)Nc3ccn(Cc4ccncc4)n3)cc2)c1. The first kappa shape index (κ1) is 20.8. The molecule has 2 heterocycles. The van der Waals surface area contributed by atoms with Gasteiger partial charge >= 0.3 is 11.8 Å². The van der Waals surface area contributed by atoms with E-state index in [1.54, 1.807) is 53.6 Å². The van der Waals surface area contributed by atoms with E-state index < -0.39 is 11.8 Å². The van der Waals surface area contributed by atoms with Crippen LogP contribution >= 0.6 is 0 Å². The van der Waals surface area contributed by atoms with E-state index >= 15 is 0 Å². The first-order valence-corrected chi connectivity index (χ1v) is 9.94. The molecule has 0 aliphatic carbocycles. The van der Waals surface area contributed by atoms with Gasteiger partial charge in [0.25, 0.3) is 0 Å². The number of nitrogens with one attached hydrogen (secondary N) is 2. The number of carbonyl (C=O) groups is 2. The molecule has 160 valence electrons. The zero-order chi connectivity index (χ0) is 22.3. The standard InChI is InChI=1S/C24H21N5O3/c1-17-3-2-4-21(15-17)32-20-7-5-19(6-8-20)26-23(30)24(31)27-22-11-14-29(28-22)16-18-9-12-25-13-10-18/h2-15H,16H2,1H3,(H,26,30)(H,27,28,31). The molecule has 0 aliphatic rings. The fourth-order valence-corrected chi connectivity index (χ4v) is 2.97. The molecule has 0 atom stereocenters. The van der Waals surface area contributed by atoms with Crippen molar-refractivity contribution >= 4 is 23.3 Å². The second-order valence-electron chi connectivity index (χ2n) is 7.11. The highest BCUT2D eigenvalue weighted by Crippen LogP contribution is 2.23. The number of hydrogen-bond donors (Lipinski definition) is 2. The van der Waals surface area contributed by atoms with Gasteiger partial charge in [0.05, 0.1) is 6.54 Å². The van der Waals surface area contributed by atoms with Gasteiger partial charge in [0.1, 0.15) is 11.5 Å². The maximum atomic E-state index is 12.2. The Morgan fingerprint density at radius 2 is 1.66 bits per heavy atom. The molecule has 8 nitrogen and oxygen atoms in total. The maximum absolute atomic E-state index is 12.2. The number of pyridine rings is 1. The van der Waals surface area contributed by atoms with Crippen molar-refractivity contribution in [2.75, 3.05) is 10.6 Å². The molecule has 2 aromatic heterocycles. The molecule has 0 saturated carbocycles. The molecule has 0 unspecified atom stereocenters. The molecule has 2 N–H and O–H groups in total. The minimum Gasteiger partial charge on any atom is -0.457 e. The summed E-state index contributed by atoms with van der Waals surface area (Å²) in [6.07, 6.45) is 5.13. The molecule has 4 aromatic rings. The number of rotatable bonds is 6. The summed E-state index contributed by atoms with van der Waals surface area (Å²) in [5.41, 5.74) is 2.60. The van der Waals surface area contributed by atoms with Crippen molar-refractivity contribution in [2.24, 2.45) is 0 Å². The molecule has 2 aromatic carbocycles. The number of hydrogen-bond acceptors (Lipinski definition) is 5. The molecule has 0 spiro atoms. The molecule has 4 rings (SSSR count). The molecule has 8 heteroatoms. The Balaban J connectivity index is 1.30. The van der Waals surface area contributed by atoms with Gasteiger partial charge in [-0.1, -0.05) is 12.1 Å².